The number of halogens is 1. The van der Waals surface area contributed by atoms with Gasteiger partial charge in [-0.2, -0.15) is 0 Å². The second kappa shape index (κ2) is 10.0. The van der Waals surface area contributed by atoms with Crippen LogP contribution in [0.2, 0.25) is 0 Å². The van der Waals surface area contributed by atoms with Crippen LogP contribution in [0.1, 0.15) is 84.5 Å². The van der Waals surface area contributed by atoms with Crippen molar-refractivity contribution in [1.82, 2.24) is 0 Å². The molecule has 0 aromatic rings. The van der Waals surface area contributed by atoms with E-state index in [2.05, 4.69) is 6.92 Å². The Labute approximate surface area is 146 Å². The van der Waals surface area contributed by atoms with Gasteiger partial charge in [-0.1, -0.05) is 70.4 Å². The molecule has 1 unspecified atom stereocenters. The number of carbonyl (C=O) groups excluding carboxylic acids is 1. The standard InChI is InChI=1S/C21H33FO2/c1-3-5-6-7-16-8-10-17(11-9-16)12-13-18-14-15-19(20(22)4-2)21(23)24-18/h4,15-18H,3,5-14H2,1-2H3/b20-4-. The smallest absolute Gasteiger partial charge is 0.341 e. The van der Waals surface area contributed by atoms with E-state index in [0.717, 1.165) is 24.7 Å². The van der Waals surface area contributed by atoms with Gasteiger partial charge in [0.25, 0.3) is 0 Å². The van der Waals surface area contributed by atoms with Crippen LogP contribution < -0.4 is 0 Å². The Morgan fingerprint density at radius 3 is 2.42 bits per heavy atom. The molecule has 136 valence electrons. The number of unbranched alkanes of at least 4 members (excludes halogenated alkanes) is 2. The Morgan fingerprint density at radius 1 is 1.17 bits per heavy atom. The lowest BCUT2D eigenvalue weighted by atomic mass is 9.77. The van der Waals surface area contributed by atoms with Crippen molar-refractivity contribution in [2.45, 2.75) is 90.6 Å². The molecule has 0 N–H and O–H groups in total. The van der Waals surface area contributed by atoms with Gasteiger partial charge in [-0.05, 0) is 31.6 Å². The van der Waals surface area contributed by atoms with E-state index in [1.54, 1.807) is 13.0 Å². The van der Waals surface area contributed by atoms with Gasteiger partial charge >= 0.3 is 5.97 Å². The van der Waals surface area contributed by atoms with Gasteiger partial charge in [-0.3, -0.25) is 0 Å². The first kappa shape index (κ1) is 19.2. The second-order valence-corrected chi connectivity index (χ2v) is 7.48. The number of carbonyl (C=O) groups is 1. The topological polar surface area (TPSA) is 26.3 Å². The minimum Gasteiger partial charge on any atom is -0.458 e. The Kier molecular flexibility index (Phi) is 8.01. The maximum Gasteiger partial charge on any atom is 0.341 e. The van der Waals surface area contributed by atoms with Gasteiger partial charge in [0.05, 0.1) is 5.57 Å². The molecule has 0 bridgehead atoms. The number of hydrogen-bond acceptors (Lipinski definition) is 2. The molecular formula is C21H33FO2. The molecule has 2 rings (SSSR count). The Bertz CT molecular complexity index is 458. The van der Waals surface area contributed by atoms with Crippen molar-refractivity contribution >= 4 is 5.97 Å². The summed E-state index contributed by atoms with van der Waals surface area (Å²) in [7, 11) is 0. The van der Waals surface area contributed by atoms with E-state index in [1.165, 1.54) is 57.4 Å². The molecule has 0 spiro atoms. The fraction of sp³-hybridized carbons (Fsp3) is 0.762. The lowest BCUT2D eigenvalue weighted by Gasteiger charge is -2.30. The molecule has 1 atom stereocenters. The van der Waals surface area contributed by atoms with Crippen molar-refractivity contribution in [3.8, 4) is 0 Å². The number of allylic oxidation sites excluding steroid dienone is 1. The lowest BCUT2D eigenvalue weighted by molar-refractivity contribution is -0.145. The molecule has 1 heterocycles. The highest BCUT2D eigenvalue weighted by molar-refractivity contribution is 5.93. The van der Waals surface area contributed by atoms with Gasteiger partial charge in [-0.15, -0.1) is 0 Å². The molecule has 0 saturated heterocycles. The maximum atomic E-state index is 13.5. The SMILES string of the molecule is C/C=C(\F)C1=CCC(CCC2CCC(CCCCC)CC2)OC1=O. The third kappa shape index (κ3) is 5.75. The van der Waals surface area contributed by atoms with Crippen LogP contribution in [0.15, 0.2) is 23.6 Å². The zero-order chi connectivity index (χ0) is 17.4. The largest absolute Gasteiger partial charge is 0.458 e. The second-order valence-electron chi connectivity index (χ2n) is 7.48. The molecule has 1 aliphatic heterocycles. The van der Waals surface area contributed by atoms with E-state index in [-0.39, 0.29) is 11.7 Å². The molecule has 1 aliphatic carbocycles. The van der Waals surface area contributed by atoms with Crippen LogP contribution >= 0.6 is 0 Å². The number of rotatable bonds is 8. The summed E-state index contributed by atoms with van der Waals surface area (Å²) in [5.41, 5.74) is 0.0985. The summed E-state index contributed by atoms with van der Waals surface area (Å²) in [6.07, 6.45) is 16.5. The molecule has 3 heteroatoms. The Balaban J connectivity index is 1.67. The van der Waals surface area contributed by atoms with Gasteiger partial charge in [0, 0.05) is 6.42 Å². The summed E-state index contributed by atoms with van der Waals surface area (Å²) in [5.74, 6) is 0.750. The lowest BCUT2D eigenvalue weighted by Crippen LogP contribution is -2.25. The Hall–Kier alpha value is -1.12. The highest BCUT2D eigenvalue weighted by Crippen LogP contribution is 2.35. The molecule has 0 amide bonds. The van der Waals surface area contributed by atoms with Crippen LogP contribution in [-0.4, -0.2) is 12.1 Å². The van der Waals surface area contributed by atoms with E-state index in [4.69, 9.17) is 4.74 Å². The highest BCUT2D eigenvalue weighted by Gasteiger charge is 2.27. The summed E-state index contributed by atoms with van der Waals surface area (Å²) in [5, 5.41) is 0. The molecular weight excluding hydrogens is 303 g/mol. The van der Waals surface area contributed by atoms with E-state index < -0.39 is 11.8 Å². The van der Waals surface area contributed by atoms with Crippen LogP contribution in [0, 0.1) is 11.8 Å². The molecule has 0 radical (unpaired) electrons. The van der Waals surface area contributed by atoms with Crippen molar-refractivity contribution < 1.29 is 13.9 Å². The summed E-state index contributed by atoms with van der Waals surface area (Å²) in [6, 6.07) is 0. The number of hydrogen-bond donors (Lipinski definition) is 0. The predicted molar refractivity (Wildman–Crippen MR) is 96.3 cm³/mol. The molecule has 0 aromatic heterocycles. The molecule has 2 nitrogen and oxygen atoms in total. The summed E-state index contributed by atoms with van der Waals surface area (Å²) in [6.45, 7) is 3.86. The zero-order valence-electron chi connectivity index (χ0n) is 15.4. The van der Waals surface area contributed by atoms with Crippen molar-refractivity contribution in [1.29, 1.82) is 0 Å². The fourth-order valence-electron chi connectivity index (χ4n) is 4.04. The normalized spacial score (nSPS) is 28.5. The molecule has 1 fully saturated rings. The fourth-order valence-corrected chi connectivity index (χ4v) is 4.04. The van der Waals surface area contributed by atoms with E-state index in [0.29, 0.717) is 6.42 Å². The number of cyclic esters (lactones) is 1. The first-order valence-corrected chi connectivity index (χ1v) is 9.87. The first-order chi connectivity index (χ1) is 11.6. The highest BCUT2D eigenvalue weighted by atomic mass is 19.1. The number of ether oxygens (including phenoxy) is 1. The molecule has 0 aromatic carbocycles. The monoisotopic (exact) mass is 336 g/mol. The van der Waals surface area contributed by atoms with Gasteiger partial charge in [-0.25, -0.2) is 9.18 Å². The molecule has 1 saturated carbocycles. The van der Waals surface area contributed by atoms with Crippen LogP contribution in [0.3, 0.4) is 0 Å². The average molecular weight is 336 g/mol. The van der Waals surface area contributed by atoms with Crippen molar-refractivity contribution in [2.75, 3.05) is 0 Å². The van der Waals surface area contributed by atoms with E-state index in [1.807, 2.05) is 0 Å². The van der Waals surface area contributed by atoms with Crippen LogP contribution in [0.4, 0.5) is 4.39 Å². The van der Waals surface area contributed by atoms with Crippen molar-refractivity contribution in [3.05, 3.63) is 23.6 Å². The minimum atomic E-state index is -0.499. The van der Waals surface area contributed by atoms with Gasteiger partial charge < -0.3 is 4.74 Å². The summed E-state index contributed by atoms with van der Waals surface area (Å²) in [4.78, 5) is 11.9. The van der Waals surface area contributed by atoms with Crippen LogP contribution in [0.5, 0.6) is 0 Å². The van der Waals surface area contributed by atoms with Crippen LogP contribution in [0.25, 0.3) is 0 Å². The Morgan fingerprint density at radius 2 is 1.83 bits per heavy atom. The zero-order valence-corrected chi connectivity index (χ0v) is 15.4. The predicted octanol–water partition coefficient (Wildman–Crippen LogP) is 6.27. The molecule has 2 aliphatic rings. The number of esters is 1. The summed E-state index contributed by atoms with van der Waals surface area (Å²) >= 11 is 0. The third-order valence-electron chi connectivity index (χ3n) is 5.67. The summed E-state index contributed by atoms with van der Waals surface area (Å²) < 4.78 is 18.9. The van der Waals surface area contributed by atoms with Crippen molar-refractivity contribution in [3.63, 3.8) is 0 Å². The third-order valence-corrected chi connectivity index (χ3v) is 5.67. The first-order valence-electron chi connectivity index (χ1n) is 9.87. The maximum absolute atomic E-state index is 13.5. The van der Waals surface area contributed by atoms with Crippen LogP contribution in [-0.2, 0) is 9.53 Å². The molecule has 24 heavy (non-hydrogen) atoms. The quantitative estimate of drug-likeness (QED) is 0.386. The van der Waals surface area contributed by atoms with Gasteiger partial charge in [0.1, 0.15) is 11.9 Å². The van der Waals surface area contributed by atoms with Gasteiger partial charge in [0.2, 0.25) is 0 Å². The van der Waals surface area contributed by atoms with E-state index >= 15 is 0 Å². The minimum absolute atomic E-state index is 0.0619. The van der Waals surface area contributed by atoms with E-state index in [9.17, 15) is 9.18 Å². The van der Waals surface area contributed by atoms with Gasteiger partial charge in [0.15, 0.2) is 0 Å². The van der Waals surface area contributed by atoms with Crippen molar-refractivity contribution in [2.24, 2.45) is 11.8 Å². The average Bonchev–Trinajstić information content (AvgIpc) is 2.61.